The fraction of sp³-hybridized carbons (Fsp3) is 0.556. The molecule has 0 saturated carbocycles. The molecule has 0 aromatic carbocycles. The maximum atomic E-state index is 10.9. The van der Waals surface area contributed by atoms with Gasteiger partial charge in [0, 0.05) is 28.9 Å². The van der Waals surface area contributed by atoms with Crippen LogP contribution in [0.4, 0.5) is 11.6 Å². The van der Waals surface area contributed by atoms with E-state index in [9.17, 15) is 4.21 Å². The van der Waals surface area contributed by atoms with Crippen molar-refractivity contribution >= 4 is 22.4 Å². The second-order valence-electron chi connectivity index (χ2n) is 3.55. The number of aromatic nitrogens is 2. The van der Waals surface area contributed by atoms with Gasteiger partial charge in [-0.25, -0.2) is 10.8 Å². The molecule has 2 unspecified atom stereocenters. The molecule has 1 rings (SSSR count). The van der Waals surface area contributed by atoms with Gasteiger partial charge in [-0.3, -0.25) is 9.19 Å². The quantitative estimate of drug-likeness (QED) is 0.492. The first kappa shape index (κ1) is 12.9. The average molecular weight is 243 g/mol. The monoisotopic (exact) mass is 243 g/mol. The van der Waals surface area contributed by atoms with Crippen LogP contribution in [0.15, 0.2) is 12.4 Å². The minimum absolute atomic E-state index is 0.200. The van der Waals surface area contributed by atoms with Gasteiger partial charge in [0.15, 0.2) is 5.82 Å². The number of anilines is 2. The first-order valence-electron chi connectivity index (χ1n) is 4.97. The van der Waals surface area contributed by atoms with Gasteiger partial charge in [-0.15, -0.1) is 0 Å². The Hall–Kier alpha value is -1.21. The molecule has 7 heteroatoms. The molecule has 0 fully saturated rings. The van der Waals surface area contributed by atoms with E-state index in [0.717, 1.165) is 6.42 Å². The van der Waals surface area contributed by atoms with E-state index < -0.39 is 10.8 Å². The topological polar surface area (TPSA) is 92.9 Å². The molecular formula is C9H17N5OS. The summed E-state index contributed by atoms with van der Waals surface area (Å²) in [6.45, 7) is 2.01. The van der Waals surface area contributed by atoms with Crippen molar-refractivity contribution in [2.24, 2.45) is 5.84 Å². The van der Waals surface area contributed by atoms with Crippen molar-refractivity contribution in [3.63, 3.8) is 0 Å². The SMILES string of the molecule is CC(CCS(C)=O)Nc1cncc(NN)n1. The van der Waals surface area contributed by atoms with Crippen molar-refractivity contribution in [1.82, 2.24) is 9.97 Å². The Balaban J connectivity index is 2.48. The van der Waals surface area contributed by atoms with Crippen LogP contribution >= 0.6 is 0 Å². The number of nitrogens with one attached hydrogen (secondary N) is 2. The number of rotatable bonds is 6. The van der Waals surface area contributed by atoms with Gasteiger partial charge in [-0.05, 0) is 13.3 Å². The lowest BCUT2D eigenvalue weighted by Crippen LogP contribution is -2.19. The maximum absolute atomic E-state index is 10.9. The van der Waals surface area contributed by atoms with E-state index in [-0.39, 0.29) is 6.04 Å². The molecule has 1 aromatic rings. The molecule has 0 aliphatic carbocycles. The Morgan fingerprint density at radius 3 is 2.81 bits per heavy atom. The zero-order chi connectivity index (χ0) is 12.0. The molecule has 1 aromatic heterocycles. The minimum Gasteiger partial charge on any atom is -0.366 e. The molecule has 2 atom stereocenters. The molecule has 0 amide bonds. The Bertz CT molecular complexity index is 360. The molecule has 4 N–H and O–H groups in total. The molecule has 0 spiro atoms. The Kier molecular flexibility index (Phi) is 5.13. The van der Waals surface area contributed by atoms with Crippen LogP contribution in [-0.4, -0.2) is 32.2 Å². The van der Waals surface area contributed by atoms with Crippen LogP contribution in [0.25, 0.3) is 0 Å². The zero-order valence-electron chi connectivity index (χ0n) is 9.43. The lowest BCUT2D eigenvalue weighted by molar-refractivity contribution is 0.678. The third-order valence-corrected chi connectivity index (χ3v) is 2.83. The predicted molar refractivity (Wildman–Crippen MR) is 66.5 cm³/mol. The third kappa shape index (κ3) is 4.54. The Labute approximate surface area is 97.5 Å². The highest BCUT2D eigenvalue weighted by atomic mass is 32.2. The van der Waals surface area contributed by atoms with E-state index in [2.05, 4.69) is 20.7 Å². The summed E-state index contributed by atoms with van der Waals surface area (Å²) in [5.41, 5.74) is 2.43. The van der Waals surface area contributed by atoms with E-state index in [1.165, 1.54) is 6.20 Å². The fourth-order valence-electron chi connectivity index (χ4n) is 1.17. The van der Waals surface area contributed by atoms with Crippen molar-refractivity contribution in [2.75, 3.05) is 22.8 Å². The third-order valence-electron chi connectivity index (χ3n) is 2.02. The van der Waals surface area contributed by atoms with Crippen LogP contribution in [0.1, 0.15) is 13.3 Å². The molecule has 0 saturated heterocycles. The van der Waals surface area contributed by atoms with Crippen LogP contribution < -0.4 is 16.6 Å². The van der Waals surface area contributed by atoms with E-state index in [1.54, 1.807) is 12.5 Å². The van der Waals surface area contributed by atoms with Crippen molar-refractivity contribution in [1.29, 1.82) is 0 Å². The standard InChI is InChI=1S/C9H17N5OS/c1-7(3-4-16(2)15)12-8-5-11-6-9(13-8)14-10/h5-7H,3-4,10H2,1-2H3,(H2,12,13,14). The Morgan fingerprint density at radius 2 is 2.19 bits per heavy atom. The van der Waals surface area contributed by atoms with E-state index in [1.807, 2.05) is 6.92 Å². The fourth-order valence-corrected chi connectivity index (χ4v) is 1.86. The number of hydrogen-bond donors (Lipinski definition) is 3. The number of nitrogens with two attached hydrogens (primary N) is 1. The molecule has 0 aliphatic heterocycles. The second-order valence-corrected chi connectivity index (χ2v) is 5.10. The molecule has 0 aliphatic rings. The summed E-state index contributed by atoms with van der Waals surface area (Å²) >= 11 is 0. The molecular weight excluding hydrogens is 226 g/mol. The van der Waals surface area contributed by atoms with Gasteiger partial charge in [-0.2, -0.15) is 0 Å². The summed E-state index contributed by atoms with van der Waals surface area (Å²) in [5, 5.41) is 3.17. The lowest BCUT2D eigenvalue weighted by Gasteiger charge is -2.13. The first-order chi connectivity index (χ1) is 7.61. The highest BCUT2D eigenvalue weighted by Crippen LogP contribution is 2.08. The highest BCUT2D eigenvalue weighted by Gasteiger charge is 2.04. The summed E-state index contributed by atoms with van der Waals surface area (Å²) in [6.07, 6.45) is 5.69. The molecule has 90 valence electrons. The maximum Gasteiger partial charge on any atom is 0.160 e. The van der Waals surface area contributed by atoms with Crippen LogP contribution in [0, 0.1) is 0 Å². The summed E-state index contributed by atoms with van der Waals surface area (Å²) in [5.74, 6) is 7.07. The summed E-state index contributed by atoms with van der Waals surface area (Å²) in [4.78, 5) is 8.15. The molecule has 0 bridgehead atoms. The summed E-state index contributed by atoms with van der Waals surface area (Å²) in [6, 6.07) is 0.200. The van der Waals surface area contributed by atoms with Crippen LogP contribution in [0.3, 0.4) is 0 Å². The molecule has 6 nitrogen and oxygen atoms in total. The average Bonchev–Trinajstić information content (AvgIpc) is 2.26. The molecule has 16 heavy (non-hydrogen) atoms. The van der Waals surface area contributed by atoms with E-state index in [4.69, 9.17) is 5.84 Å². The molecule has 0 radical (unpaired) electrons. The van der Waals surface area contributed by atoms with Gasteiger partial charge in [0.25, 0.3) is 0 Å². The van der Waals surface area contributed by atoms with Crippen molar-refractivity contribution in [3.05, 3.63) is 12.4 Å². The number of nitrogen functional groups attached to an aromatic ring is 1. The van der Waals surface area contributed by atoms with Crippen LogP contribution in [0.2, 0.25) is 0 Å². The minimum atomic E-state index is -0.759. The lowest BCUT2D eigenvalue weighted by atomic mass is 10.2. The van der Waals surface area contributed by atoms with Gasteiger partial charge in [0.2, 0.25) is 0 Å². The van der Waals surface area contributed by atoms with Gasteiger partial charge in [0.1, 0.15) is 5.82 Å². The number of hydrazine groups is 1. The zero-order valence-corrected chi connectivity index (χ0v) is 10.3. The second kappa shape index (κ2) is 6.39. The number of hydrogen-bond acceptors (Lipinski definition) is 6. The van der Waals surface area contributed by atoms with Gasteiger partial charge < -0.3 is 10.7 Å². The van der Waals surface area contributed by atoms with Crippen molar-refractivity contribution < 1.29 is 4.21 Å². The van der Waals surface area contributed by atoms with E-state index >= 15 is 0 Å². The highest BCUT2D eigenvalue weighted by molar-refractivity contribution is 7.84. The van der Waals surface area contributed by atoms with Crippen LogP contribution in [0.5, 0.6) is 0 Å². The van der Waals surface area contributed by atoms with Gasteiger partial charge >= 0.3 is 0 Å². The summed E-state index contributed by atoms with van der Waals surface area (Å²) in [7, 11) is -0.759. The van der Waals surface area contributed by atoms with Gasteiger partial charge in [-0.1, -0.05) is 0 Å². The normalized spacial score (nSPS) is 14.2. The first-order valence-corrected chi connectivity index (χ1v) is 6.69. The van der Waals surface area contributed by atoms with Crippen LogP contribution in [-0.2, 0) is 10.8 Å². The van der Waals surface area contributed by atoms with Crippen molar-refractivity contribution in [3.8, 4) is 0 Å². The molecule has 1 heterocycles. The van der Waals surface area contributed by atoms with E-state index in [0.29, 0.717) is 17.4 Å². The number of nitrogens with zero attached hydrogens (tertiary/aromatic N) is 2. The Morgan fingerprint density at radius 1 is 1.50 bits per heavy atom. The smallest absolute Gasteiger partial charge is 0.160 e. The largest absolute Gasteiger partial charge is 0.366 e. The van der Waals surface area contributed by atoms with Gasteiger partial charge in [0.05, 0.1) is 12.4 Å². The van der Waals surface area contributed by atoms with Crippen molar-refractivity contribution in [2.45, 2.75) is 19.4 Å². The predicted octanol–water partition coefficient (Wildman–Crippen LogP) is 0.331. The summed E-state index contributed by atoms with van der Waals surface area (Å²) < 4.78 is 10.9.